The maximum atomic E-state index is 12.1. The van der Waals surface area contributed by atoms with Crippen LogP contribution < -0.4 is 5.32 Å². The Bertz CT molecular complexity index is 611. The molecule has 4 nitrogen and oxygen atoms in total. The summed E-state index contributed by atoms with van der Waals surface area (Å²) in [7, 11) is 0. The van der Waals surface area contributed by atoms with Crippen LogP contribution in [-0.4, -0.2) is 21.5 Å². The Balaban J connectivity index is 2.18. The SMILES string of the molecule is CCC(CC)NC(=O)Cn1cnc2cc(C)c(C)cc21. The largest absolute Gasteiger partial charge is 0.352 e. The summed E-state index contributed by atoms with van der Waals surface area (Å²) in [6, 6.07) is 4.43. The summed E-state index contributed by atoms with van der Waals surface area (Å²) in [6.45, 7) is 8.67. The molecule has 0 atom stereocenters. The Kier molecular flexibility index (Phi) is 4.42. The van der Waals surface area contributed by atoms with Crippen molar-refractivity contribution < 1.29 is 4.79 Å². The van der Waals surface area contributed by atoms with Gasteiger partial charge in [-0.2, -0.15) is 0 Å². The van der Waals surface area contributed by atoms with E-state index < -0.39 is 0 Å². The van der Waals surface area contributed by atoms with Gasteiger partial charge in [0.15, 0.2) is 0 Å². The molecule has 1 amide bonds. The number of carbonyl (C=O) groups excluding carboxylic acids is 1. The predicted molar refractivity (Wildman–Crippen MR) is 81.7 cm³/mol. The van der Waals surface area contributed by atoms with Crippen LogP contribution in [0.3, 0.4) is 0 Å². The summed E-state index contributed by atoms with van der Waals surface area (Å²) in [4.78, 5) is 16.5. The van der Waals surface area contributed by atoms with Crippen LogP contribution in [0.2, 0.25) is 0 Å². The molecule has 0 radical (unpaired) electrons. The number of nitrogens with zero attached hydrogens (tertiary/aromatic N) is 2. The molecule has 0 spiro atoms. The van der Waals surface area contributed by atoms with E-state index in [1.54, 1.807) is 6.33 Å². The minimum atomic E-state index is 0.0521. The molecule has 0 saturated heterocycles. The van der Waals surface area contributed by atoms with Crippen molar-refractivity contribution in [3.05, 3.63) is 29.6 Å². The molecule has 0 saturated carbocycles. The van der Waals surface area contributed by atoms with Gasteiger partial charge in [0.1, 0.15) is 6.54 Å². The number of amides is 1. The van der Waals surface area contributed by atoms with Crippen LogP contribution in [0.1, 0.15) is 37.8 Å². The molecule has 1 N–H and O–H groups in total. The van der Waals surface area contributed by atoms with Gasteiger partial charge in [0.05, 0.1) is 17.4 Å². The summed E-state index contributed by atoms with van der Waals surface area (Å²) < 4.78 is 1.92. The number of carbonyl (C=O) groups is 1. The van der Waals surface area contributed by atoms with Gasteiger partial charge in [-0.15, -0.1) is 0 Å². The highest BCUT2D eigenvalue weighted by Crippen LogP contribution is 2.18. The van der Waals surface area contributed by atoms with Gasteiger partial charge in [0, 0.05) is 6.04 Å². The summed E-state index contributed by atoms with van der Waals surface area (Å²) in [5.41, 5.74) is 4.42. The maximum Gasteiger partial charge on any atom is 0.240 e. The molecule has 20 heavy (non-hydrogen) atoms. The van der Waals surface area contributed by atoms with Gasteiger partial charge in [-0.25, -0.2) is 4.98 Å². The molecular formula is C16H23N3O. The van der Waals surface area contributed by atoms with E-state index in [0.29, 0.717) is 6.54 Å². The highest BCUT2D eigenvalue weighted by Gasteiger charge is 2.11. The fourth-order valence-corrected chi connectivity index (χ4v) is 2.36. The number of fused-ring (bicyclic) bond motifs is 1. The molecule has 4 heteroatoms. The van der Waals surface area contributed by atoms with Crippen LogP contribution in [0, 0.1) is 13.8 Å². The average molecular weight is 273 g/mol. The smallest absolute Gasteiger partial charge is 0.240 e. The molecule has 0 aliphatic heterocycles. The van der Waals surface area contributed by atoms with Crippen LogP contribution in [0.4, 0.5) is 0 Å². The first-order chi connectivity index (χ1) is 9.55. The van der Waals surface area contributed by atoms with E-state index in [1.165, 1.54) is 11.1 Å². The fourth-order valence-electron chi connectivity index (χ4n) is 2.36. The molecule has 0 aliphatic carbocycles. The van der Waals surface area contributed by atoms with Crippen LogP contribution >= 0.6 is 0 Å². The monoisotopic (exact) mass is 273 g/mol. The first kappa shape index (κ1) is 14.6. The lowest BCUT2D eigenvalue weighted by atomic mass is 10.1. The first-order valence-electron chi connectivity index (χ1n) is 7.26. The van der Waals surface area contributed by atoms with E-state index >= 15 is 0 Å². The van der Waals surface area contributed by atoms with E-state index in [0.717, 1.165) is 23.9 Å². The molecule has 1 aromatic carbocycles. The number of hydrogen-bond donors (Lipinski definition) is 1. The first-order valence-corrected chi connectivity index (χ1v) is 7.26. The lowest BCUT2D eigenvalue weighted by molar-refractivity contribution is -0.122. The number of aromatic nitrogens is 2. The molecule has 0 fully saturated rings. The molecule has 0 bridgehead atoms. The topological polar surface area (TPSA) is 46.9 Å². The van der Waals surface area contributed by atoms with Crippen molar-refractivity contribution in [3.63, 3.8) is 0 Å². The molecule has 0 unspecified atom stereocenters. The van der Waals surface area contributed by atoms with Crippen molar-refractivity contribution in [2.75, 3.05) is 0 Å². The summed E-state index contributed by atoms with van der Waals surface area (Å²) in [5.74, 6) is 0.0521. The third kappa shape index (κ3) is 3.00. The molecule has 2 rings (SSSR count). The standard InChI is InChI=1S/C16H23N3O/c1-5-13(6-2)18-16(20)9-19-10-17-14-7-11(3)12(4)8-15(14)19/h7-8,10,13H,5-6,9H2,1-4H3,(H,18,20). The van der Waals surface area contributed by atoms with E-state index in [2.05, 4.69) is 50.1 Å². The quantitative estimate of drug-likeness (QED) is 0.910. The van der Waals surface area contributed by atoms with E-state index in [9.17, 15) is 4.79 Å². The Hall–Kier alpha value is -1.84. The van der Waals surface area contributed by atoms with Gasteiger partial charge in [-0.05, 0) is 49.9 Å². The number of benzene rings is 1. The molecule has 0 aliphatic rings. The molecular weight excluding hydrogens is 250 g/mol. The molecule has 2 aromatic rings. The highest BCUT2D eigenvalue weighted by atomic mass is 16.2. The number of imidazole rings is 1. The zero-order valence-electron chi connectivity index (χ0n) is 12.7. The highest BCUT2D eigenvalue weighted by molar-refractivity contribution is 5.81. The minimum absolute atomic E-state index is 0.0521. The van der Waals surface area contributed by atoms with Gasteiger partial charge in [-0.3, -0.25) is 4.79 Å². The summed E-state index contributed by atoms with van der Waals surface area (Å²) in [5, 5.41) is 3.06. The second-order valence-corrected chi connectivity index (χ2v) is 5.38. The minimum Gasteiger partial charge on any atom is -0.352 e. The van der Waals surface area contributed by atoms with Crippen molar-refractivity contribution in [3.8, 4) is 0 Å². The zero-order chi connectivity index (χ0) is 14.7. The third-order valence-corrected chi connectivity index (χ3v) is 3.90. The average Bonchev–Trinajstić information content (AvgIpc) is 2.79. The van der Waals surface area contributed by atoms with Crippen molar-refractivity contribution in [1.29, 1.82) is 0 Å². The van der Waals surface area contributed by atoms with Gasteiger partial charge in [-0.1, -0.05) is 13.8 Å². The third-order valence-electron chi connectivity index (χ3n) is 3.90. The van der Waals surface area contributed by atoms with E-state index in [-0.39, 0.29) is 11.9 Å². The van der Waals surface area contributed by atoms with Gasteiger partial charge >= 0.3 is 0 Å². The summed E-state index contributed by atoms with van der Waals surface area (Å²) >= 11 is 0. The van der Waals surface area contributed by atoms with E-state index in [1.807, 2.05) is 4.57 Å². The second kappa shape index (κ2) is 6.07. The summed E-state index contributed by atoms with van der Waals surface area (Å²) in [6.07, 6.45) is 3.67. The number of hydrogen-bond acceptors (Lipinski definition) is 2. The van der Waals surface area contributed by atoms with Gasteiger partial charge in [0.25, 0.3) is 0 Å². The normalized spacial score (nSPS) is 11.2. The van der Waals surface area contributed by atoms with Crippen molar-refractivity contribution in [2.24, 2.45) is 0 Å². The van der Waals surface area contributed by atoms with Crippen molar-refractivity contribution in [2.45, 2.75) is 53.1 Å². The van der Waals surface area contributed by atoms with Crippen molar-refractivity contribution >= 4 is 16.9 Å². The van der Waals surface area contributed by atoms with Crippen LogP contribution in [0.15, 0.2) is 18.5 Å². The fraction of sp³-hybridized carbons (Fsp3) is 0.500. The van der Waals surface area contributed by atoms with Crippen molar-refractivity contribution in [1.82, 2.24) is 14.9 Å². The lowest BCUT2D eigenvalue weighted by Crippen LogP contribution is -2.36. The van der Waals surface area contributed by atoms with Gasteiger partial charge < -0.3 is 9.88 Å². The number of rotatable bonds is 5. The Morgan fingerprint density at radius 3 is 2.55 bits per heavy atom. The molecule has 1 heterocycles. The van der Waals surface area contributed by atoms with Gasteiger partial charge in [0.2, 0.25) is 5.91 Å². The van der Waals surface area contributed by atoms with E-state index in [4.69, 9.17) is 0 Å². The maximum absolute atomic E-state index is 12.1. The predicted octanol–water partition coefficient (Wildman–Crippen LogP) is 2.96. The Morgan fingerprint density at radius 2 is 1.90 bits per heavy atom. The number of nitrogens with one attached hydrogen (secondary N) is 1. The molecule has 1 aromatic heterocycles. The number of aryl methyl sites for hydroxylation is 2. The second-order valence-electron chi connectivity index (χ2n) is 5.38. The molecule has 108 valence electrons. The van der Waals surface area contributed by atoms with Crippen LogP contribution in [0.5, 0.6) is 0 Å². The van der Waals surface area contributed by atoms with Crippen LogP contribution in [0.25, 0.3) is 11.0 Å². The lowest BCUT2D eigenvalue weighted by Gasteiger charge is -2.15. The van der Waals surface area contributed by atoms with Crippen LogP contribution in [-0.2, 0) is 11.3 Å². The zero-order valence-corrected chi connectivity index (χ0v) is 12.7. The Labute approximate surface area is 120 Å². The Morgan fingerprint density at radius 1 is 1.25 bits per heavy atom.